The average molecular weight is 293 g/mol. The van der Waals surface area contributed by atoms with Crippen molar-refractivity contribution in [3.05, 3.63) is 12.7 Å². The number of nitrogens with zero attached hydrogens (tertiary/aromatic N) is 4. The number of aliphatic hydroxyl groups is 3. The van der Waals surface area contributed by atoms with E-state index in [-0.39, 0.29) is 5.82 Å². The molecule has 1 saturated carbocycles. The number of aromatic nitrogens is 4. The lowest BCUT2D eigenvalue weighted by molar-refractivity contribution is -0.213. The van der Waals surface area contributed by atoms with Gasteiger partial charge in [-0.1, -0.05) is 0 Å². The Hall–Kier alpha value is -1.81. The van der Waals surface area contributed by atoms with E-state index in [1.165, 1.54) is 17.2 Å². The molecule has 1 aliphatic carbocycles. The van der Waals surface area contributed by atoms with Gasteiger partial charge >= 0.3 is 0 Å². The van der Waals surface area contributed by atoms with Crippen LogP contribution >= 0.6 is 0 Å². The first-order valence-electron chi connectivity index (χ1n) is 6.69. The molecule has 0 bridgehead atoms. The Balaban J connectivity index is 1.78. The van der Waals surface area contributed by atoms with Gasteiger partial charge in [0.1, 0.15) is 29.7 Å². The van der Waals surface area contributed by atoms with Crippen molar-refractivity contribution in [1.82, 2.24) is 19.5 Å². The molecule has 1 spiro atoms. The van der Waals surface area contributed by atoms with Crippen molar-refractivity contribution >= 4 is 17.0 Å². The van der Waals surface area contributed by atoms with Crippen LogP contribution in [0.4, 0.5) is 5.82 Å². The maximum atomic E-state index is 10.3. The highest BCUT2D eigenvalue weighted by molar-refractivity contribution is 5.81. The second-order valence-corrected chi connectivity index (χ2v) is 5.54. The molecule has 0 radical (unpaired) electrons. The SMILES string of the molecule is Nc1ncnc2c1ncn2C1O[C@]2(CC[C@@H]2O)C(O)[C@@H]1O. The molecule has 4 rings (SSSR count). The zero-order chi connectivity index (χ0) is 14.8. The Morgan fingerprint density at radius 1 is 1.29 bits per heavy atom. The summed E-state index contributed by atoms with van der Waals surface area (Å²) in [5.74, 6) is 0.227. The smallest absolute Gasteiger partial charge is 0.167 e. The minimum absolute atomic E-state index is 0.227. The molecule has 3 heterocycles. The number of hydrogen-bond acceptors (Lipinski definition) is 8. The van der Waals surface area contributed by atoms with Crippen LogP contribution in [0.1, 0.15) is 19.1 Å². The van der Waals surface area contributed by atoms with Gasteiger partial charge < -0.3 is 25.8 Å². The zero-order valence-electron chi connectivity index (χ0n) is 11.0. The highest BCUT2D eigenvalue weighted by atomic mass is 16.6. The molecule has 0 aromatic carbocycles. The second kappa shape index (κ2) is 4.10. The van der Waals surface area contributed by atoms with Crippen molar-refractivity contribution in [3.8, 4) is 0 Å². The number of imidazole rings is 1. The molecule has 9 heteroatoms. The van der Waals surface area contributed by atoms with Gasteiger partial charge in [-0.3, -0.25) is 4.57 Å². The highest BCUT2D eigenvalue weighted by Crippen LogP contribution is 2.49. The summed E-state index contributed by atoms with van der Waals surface area (Å²) in [7, 11) is 0. The van der Waals surface area contributed by atoms with E-state index in [0.29, 0.717) is 24.0 Å². The summed E-state index contributed by atoms with van der Waals surface area (Å²) < 4.78 is 7.29. The van der Waals surface area contributed by atoms with Gasteiger partial charge in [0.25, 0.3) is 0 Å². The molecular weight excluding hydrogens is 278 g/mol. The lowest BCUT2D eigenvalue weighted by atomic mass is 9.73. The minimum Gasteiger partial charge on any atom is -0.390 e. The highest BCUT2D eigenvalue weighted by Gasteiger charge is 2.63. The number of aliphatic hydroxyl groups excluding tert-OH is 3. The predicted molar refractivity (Wildman–Crippen MR) is 69.8 cm³/mol. The maximum Gasteiger partial charge on any atom is 0.167 e. The summed E-state index contributed by atoms with van der Waals surface area (Å²) in [4.78, 5) is 12.0. The van der Waals surface area contributed by atoms with Crippen LogP contribution in [0.2, 0.25) is 0 Å². The summed E-state index contributed by atoms with van der Waals surface area (Å²) in [6.07, 6.45) is -0.266. The molecule has 112 valence electrons. The summed E-state index contributed by atoms with van der Waals surface area (Å²) >= 11 is 0. The van der Waals surface area contributed by atoms with Gasteiger partial charge in [-0.25, -0.2) is 15.0 Å². The molecule has 5 atom stereocenters. The molecule has 2 fully saturated rings. The molecule has 2 aromatic rings. The third-order valence-corrected chi connectivity index (χ3v) is 4.49. The number of ether oxygens (including phenoxy) is 1. The Morgan fingerprint density at radius 3 is 2.71 bits per heavy atom. The summed E-state index contributed by atoms with van der Waals surface area (Å²) in [5.41, 5.74) is 5.42. The number of hydrogen-bond donors (Lipinski definition) is 4. The van der Waals surface area contributed by atoms with E-state index in [4.69, 9.17) is 10.5 Å². The Morgan fingerprint density at radius 2 is 2.10 bits per heavy atom. The van der Waals surface area contributed by atoms with Gasteiger partial charge in [0, 0.05) is 0 Å². The van der Waals surface area contributed by atoms with E-state index in [9.17, 15) is 15.3 Å². The summed E-state index contributed by atoms with van der Waals surface area (Å²) in [6, 6.07) is 0. The molecule has 1 aliphatic heterocycles. The molecule has 5 N–H and O–H groups in total. The Kier molecular flexibility index (Phi) is 2.52. The number of rotatable bonds is 1. The largest absolute Gasteiger partial charge is 0.390 e. The topological polar surface area (TPSA) is 140 Å². The van der Waals surface area contributed by atoms with E-state index in [2.05, 4.69) is 15.0 Å². The van der Waals surface area contributed by atoms with Crippen molar-refractivity contribution < 1.29 is 20.1 Å². The predicted octanol–water partition coefficient (Wildman–Crippen LogP) is -1.45. The minimum atomic E-state index is -1.19. The fraction of sp³-hybridized carbons (Fsp3) is 0.583. The Bertz CT molecular complexity index is 706. The van der Waals surface area contributed by atoms with Crippen LogP contribution in [0.3, 0.4) is 0 Å². The van der Waals surface area contributed by atoms with E-state index >= 15 is 0 Å². The summed E-state index contributed by atoms with van der Waals surface area (Å²) in [6.45, 7) is 0. The van der Waals surface area contributed by atoms with Crippen molar-refractivity contribution in [3.63, 3.8) is 0 Å². The number of nitrogens with two attached hydrogens (primary N) is 1. The standard InChI is InChI=1S/C12H15N5O4/c13-9-6-10(15-3-14-9)17(4-16-6)11-7(19)8(20)12(21-11)2-1-5(12)18/h3-5,7-8,11,18-20H,1-2H2,(H2,13,14,15)/t5-,7-,8?,11?,12-/m0/s1. The average Bonchev–Trinajstić information content (AvgIpc) is 3.01. The molecule has 21 heavy (non-hydrogen) atoms. The van der Waals surface area contributed by atoms with Gasteiger partial charge in [0.05, 0.1) is 12.4 Å². The van der Waals surface area contributed by atoms with Crippen molar-refractivity contribution in [2.24, 2.45) is 0 Å². The van der Waals surface area contributed by atoms with Crippen molar-refractivity contribution in [2.75, 3.05) is 5.73 Å². The molecule has 9 nitrogen and oxygen atoms in total. The first kappa shape index (κ1) is 12.9. The second-order valence-electron chi connectivity index (χ2n) is 5.54. The molecule has 1 saturated heterocycles. The van der Waals surface area contributed by atoms with Gasteiger partial charge in [-0.2, -0.15) is 0 Å². The van der Waals surface area contributed by atoms with Gasteiger partial charge in [-0.05, 0) is 12.8 Å². The van der Waals surface area contributed by atoms with Crippen LogP contribution in [0.25, 0.3) is 11.2 Å². The number of fused-ring (bicyclic) bond motifs is 1. The maximum absolute atomic E-state index is 10.3. The van der Waals surface area contributed by atoms with Crippen LogP contribution in [-0.4, -0.2) is 58.8 Å². The quantitative estimate of drug-likeness (QED) is 0.501. The van der Waals surface area contributed by atoms with Gasteiger partial charge in [0.15, 0.2) is 17.7 Å². The molecule has 0 amide bonds. The van der Waals surface area contributed by atoms with E-state index in [0.717, 1.165) is 0 Å². The third kappa shape index (κ3) is 1.51. The van der Waals surface area contributed by atoms with Crippen LogP contribution in [0.5, 0.6) is 0 Å². The first-order chi connectivity index (χ1) is 10.0. The molecule has 2 aliphatic rings. The van der Waals surface area contributed by atoms with Crippen molar-refractivity contribution in [2.45, 2.75) is 43.0 Å². The van der Waals surface area contributed by atoms with Gasteiger partial charge in [0.2, 0.25) is 0 Å². The van der Waals surface area contributed by atoms with Crippen LogP contribution in [0.15, 0.2) is 12.7 Å². The van der Waals surface area contributed by atoms with Crippen LogP contribution in [-0.2, 0) is 4.74 Å². The lowest BCUT2D eigenvalue weighted by Crippen LogP contribution is -2.59. The normalized spacial score (nSPS) is 39.0. The van der Waals surface area contributed by atoms with Gasteiger partial charge in [-0.15, -0.1) is 0 Å². The Labute approximate surface area is 119 Å². The first-order valence-corrected chi connectivity index (χ1v) is 6.69. The molecule has 2 aromatic heterocycles. The van der Waals surface area contributed by atoms with Crippen LogP contribution in [0, 0.1) is 0 Å². The monoisotopic (exact) mass is 293 g/mol. The van der Waals surface area contributed by atoms with E-state index in [1.54, 1.807) is 0 Å². The number of anilines is 1. The number of nitrogen functional groups attached to an aromatic ring is 1. The fourth-order valence-corrected chi connectivity index (χ4v) is 3.13. The van der Waals surface area contributed by atoms with E-state index in [1.807, 2.05) is 0 Å². The molecule has 2 unspecified atom stereocenters. The molecular formula is C12H15N5O4. The van der Waals surface area contributed by atoms with E-state index < -0.39 is 30.1 Å². The lowest BCUT2D eigenvalue weighted by Gasteiger charge is -2.44. The zero-order valence-corrected chi connectivity index (χ0v) is 11.0. The summed E-state index contributed by atoms with van der Waals surface area (Å²) in [5, 5.41) is 30.4. The van der Waals surface area contributed by atoms with Crippen LogP contribution < -0.4 is 5.73 Å². The third-order valence-electron chi connectivity index (χ3n) is 4.49. The fourth-order valence-electron chi connectivity index (χ4n) is 3.13. The van der Waals surface area contributed by atoms with Crippen molar-refractivity contribution in [1.29, 1.82) is 0 Å².